The third-order valence-electron chi connectivity index (χ3n) is 5.35. The average molecular weight is 394 g/mol. The lowest BCUT2D eigenvalue weighted by molar-refractivity contribution is 0.101. The zero-order chi connectivity index (χ0) is 20.8. The van der Waals surface area contributed by atoms with Gasteiger partial charge in [0.05, 0.1) is 5.39 Å². The molecule has 0 aliphatic rings. The molecule has 30 heavy (non-hydrogen) atoms. The first-order valence-corrected chi connectivity index (χ1v) is 9.69. The maximum Gasteiger partial charge on any atom is 0.336 e. The van der Waals surface area contributed by atoms with E-state index < -0.39 is 5.63 Å². The Labute approximate surface area is 172 Å². The zero-order valence-electron chi connectivity index (χ0n) is 16.6. The molecule has 0 spiro atoms. The molecule has 5 aromatic rings. The van der Waals surface area contributed by atoms with Crippen molar-refractivity contribution in [3.8, 4) is 11.1 Å². The summed E-state index contributed by atoms with van der Waals surface area (Å²) in [7, 11) is 0. The molecular formula is C26H18O4. The molecule has 5 rings (SSSR count). The molecule has 0 saturated heterocycles. The van der Waals surface area contributed by atoms with Gasteiger partial charge in [-0.3, -0.25) is 4.79 Å². The Hall–Kier alpha value is -3.92. The molecule has 0 N–H and O–H groups in total. The smallest absolute Gasteiger partial charge is 0.336 e. The molecule has 2 heterocycles. The molecular weight excluding hydrogens is 376 g/mol. The van der Waals surface area contributed by atoms with Gasteiger partial charge in [-0.05, 0) is 37.1 Å². The summed E-state index contributed by atoms with van der Waals surface area (Å²) >= 11 is 0. The summed E-state index contributed by atoms with van der Waals surface area (Å²) < 4.78 is 11.7. The fourth-order valence-corrected chi connectivity index (χ4v) is 3.84. The second kappa shape index (κ2) is 6.85. The van der Waals surface area contributed by atoms with E-state index in [1.54, 1.807) is 12.1 Å². The molecule has 3 aromatic carbocycles. The van der Waals surface area contributed by atoms with Crippen molar-refractivity contribution in [2.24, 2.45) is 0 Å². The second-order valence-electron chi connectivity index (χ2n) is 7.43. The van der Waals surface area contributed by atoms with E-state index in [0.717, 1.165) is 22.1 Å². The highest BCUT2D eigenvalue weighted by Gasteiger charge is 2.25. The predicted molar refractivity (Wildman–Crippen MR) is 117 cm³/mol. The lowest BCUT2D eigenvalue weighted by Crippen LogP contribution is -2.02. The molecule has 146 valence electrons. The van der Waals surface area contributed by atoms with Crippen molar-refractivity contribution < 1.29 is 13.6 Å². The van der Waals surface area contributed by atoms with Crippen LogP contribution in [0.4, 0.5) is 0 Å². The summed E-state index contributed by atoms with van der Waals surface area (Å²) in [5.41, 5.74) is 4.39. The van der Waals surface area contributed by atoms with Gasteiger partial charge in [0.25, 0.3) is 0 Å². The number of hydrogen-bond acceptors (Lipinski definition) is 4. The Morgan fingerprint density at radius 3 is 2.30 bits per heavy atom. The van der Waals surface area contributed by atoms with Crippen LogP contribution in [0, 0.1) is 13.8 Å². The third kappa shape index (κ3) is 2.85. The van der Waals surface area contributed by atoms with Gasteiger partial charge in [0.15, 0.2) is 5.76 Å². The van der Waals surface area contributed by atoms with E-state index in [1.807, 2.05) is 68.4 Å². The minimum atomic E-state index is -0.431. The lowest BCUT2D eigenvalue weighted by atomic mass is 9.96. The summed E-state index contributed by atoms with van der Waals surface area (Å²) in [5.74, 6) is 0.0184. The van der Waals surface area contributed by atoms with Crippen LogP contribution in [0.2, 0.25) is 0 Å². The molecule has 0 amide bonds. The third-order valence-corrected chi connectivity index (χ3v) is 5.35. The molecule has 0 radical (unpaired) electrons. The number of furan rings is 1. The molecule has 0 aliphatic heterocycles. The van der Waals surface area contributed by atoms with Crippen LogP contribution < -0.4 is 5.63 Å². The summed E-state index contributed by atoms with van der Waals surface area (Å²) in [6.07, 6.45) is 0. The largest absolute Gasteiger partial charge is 0.452 e. The fourth-order valence-electron chi connectivity index (χ4n) is 3.84. The average Bonchev–Trinajstić information content (AvgIpc) is 3.14. The quantitative estimate of drug-likeness (QED) is 0.276. The topological polar surface area (TPSA) is 60.4 Å². The standard InChI is InChI=1S/C26H18O4/c1-15-8-10-18(11-9-15)24(28)26-22(17-6-4-3-5-7-17)23-20(29-26)13-12-19-16(2)14-21(27)30-25(19)23/h3-14H,1-2H3. The number of carbonyl (C=O) groups is 1. The van der Waals surface area contributed by atoms with E-state index >= 15 is 0 Å². The van der Waals surface area contributed by atoms with Crippen LogP contribution >= 0.6 is 0 Å². The lowest BCUT2D eigenvalue weighted by Gasteiger charge is -2.05. The maximum atomic E-state index is 13.4. The van der Waals surface area contributed by atoms with E-state index in [4.69, 9.17) is 8.83 Å². The number of fused-ring (bicyclic) bond motifs is 3. The van der Waals surface area contributed by atoms with Gasteiger partial charge >= 0.3 is 5.63 Å². The van der Waals surface area contributed by atoms with Crippen molar-refractivity contribution in [1.29, 1.82) is 0 Å². The first-order valence-electron chi connectivity index (χ1n) is 9.69. The van der Waals surface area contributed by atoms with Crippen LogP contribution in [0.25, 0.3) is 33.1 Å². The monoisotopic (exact) mass is 394 g/mol. The molecule has 0 atom stereocenters. The Kier molecular flexibility index (Phi) is 4.14. The van der Waals surface area contributed by atoms with Crippen molar-refractivity contribution in [3.63, 3.8) is 0 Å². The van der Waals surface area contributed by atoms with Crippen LogP contribution in [0.5, 0.6) is 0 Å². The first kappa shape index (κ1) is 18.1. The zero-order valence-corrected chi connectivity index (χ0v) is 16.6. The van der Waals surface area contributed by atoms with Gasteiger partial charge in [0, 0.05) is 22.6 Å². The molecule has 0 saturated carbocycles. The Morgan fingerprint density at radius 2 is 1.57 bits per heavy atom. The number of carbonyl (C=O) groups excluding carboxylic acids is 1. The molecule has 0 aliphatic carbocycles. The van der Waals surface area contributed by atoms with E-state index in [2.05, 4.69) is 0 Å². The normalized spacial score (nSPS) is 11.3. The molecule has 0 unspecified atom stereocenters. The van der Waals surface area contributed by atoms with Crippen molar-refractivity contribution in [2.45, 2.75) is 13.8 Å². The molecule has 2 aromatic heterocycles. The minimum absolute atomic E-state index is 0.215. The molecule has 0 bridgehead atoms. The number of ketones is 1. The first-order chi connectivity index (χ1) is 14.5. The summed E-state index contributed by atoms with van der Waals surface area (Å²) in [4.78, 5) is 25.5. The molecule has 4 heteroatoms. The number of rotatable bonds is 3. The van der Waals surface area contributed by atoms with Crippen molar-refractivity contribution in [1.82, 2.24) is 0 Å². The number of benzene rings is 3. The number of hydrogen-bond donors (Lipinski definition) is 0. The van der Waals surface area contributed by atoms with Crippen LogP contribution in [-0.2, 0) is 0 Å². The highest BCUT2D eigenvalue weighted by atomic mass is 16.4. The van der Waals surface area contributed by atoms with Gasteiger partial charge in [0.1, 0.15) is 11.2 Å². The number of aryl methyl sites for hydroxylation is 2. The Morgan fingerprint density at radius 1 is 0.833 bits per heavy atom. The highest BCUT2D eigenvalue weighted by Crippen LogP contribution is 2.40. The second-order valence-corrected chi connectivity index (χ2v) is 7.43. The van der Waals surface area contributed by atoms with Crippen LogP contribution in [0.15, 0.2) is 86.4 Å². The van der Waals surface area contributed by atoms with Crippen molar-refractivity contribution >= 4 is 27.7 Å². The Balaban J connectivity index is 1.89. The van der Waals surface area contributed by atoms with Crippen LogP contribution in [0.3, 0.4) is 0 Å². The fraction of sp³-hybridized carbons (Fsp3) is 0.0769. The Bertz CT molecular complexity index is 1470. The maximum absolute atomic E-state index is 13.4. The highest BCUT2D eigenvalue weighted by molar-refractivity contribution is 6.20. The summed E-state index contributed by atoms with van der Waals surface area (Å²) in [5, 5.41) is 1.45. The molecule has 4 nitrogen and oxygen atoms in total. The van der Waals surface area contributed by atoms with Gasteiger partial charge in [-0.15, -0.1) is 0 Å². The van der Waals surface area contributed by atoms with E-state index in [1.165, 1.54) is 6.07 Å². The van der Waals surface area contributed by atoms with Gasteiger partial charge in [0.2, 0.25) is 5.78 Å². The van der Waals surface area contributed by atoms with Gasteiger partial charge in [-0.25, -0.2) is 4.79 Å². The van der Waals surface area contributed by atoms with E-state index in [9.17, 15) is 9.59 Å². The molecule has 0 fully saturated rings. The minimum Gasteiger partial charge on any atom is -0.452 e. The van der Waals surface area contributed by atoms with Crippen LogP contribution in [0.1, 0.15) is 27.2 Å². The predicted octanol–water partition coefficient (Wildman–Crippen LogP) is 6.05. The van der Waals surface area contributed by atoms with Crippen LogP contribution in [-0.4, -0.2) is 5.78 Å². The SMILES string of the molecule is Cc1ccc(C(=O)c2oc3ccc4c(C)cc(=O)oc4c3c2-c2ccccc2)cc1. The summed E-state index contributed by atoms with van der Waals surface area (Å²) in [6, 6.07) is 22.1. The van der Waals surface area contributed by atoms with E-state index in [0.29, 0.717) is 27.7 Å². The van der Waals surface area contributed by atoms with E-state index in [-0.39, 0.29) is 11.5 Å². The van der Waals surface area contributed by atoms with Gasteiger partial charge < -0.3 is 8.83 Å². The van der Waals surface area contributed by atoms with Crippen molar-refractivity contribution in [2.75, 3.05) is 0 Å². The van der Waals surface area contributed by atoms with Gasteiger partial charge in [-0.1, -0.05) is 60.2 Å². The summed E-state index contributed by atoms with van der Waals surface area (Å²) in [6.45, 7) is 3.84. The van der Waals surface area contributed by atoms with Crippen molar-refractivity contribution in [3.05, 3.63) is 106 Å². The van der Waals surface area contributed by atoms with Gasteiger partial charge in [-0.2, -0.15) is 0 Å².